The molecule has 0 radical (unpaired) electrons. The van der Waals surface area contributed by atoms with Gasteiger partial charge in [0.25, 0.3) is 5.91 Å². The number of nitrogens with one attached hydrogen (secondary N) is 1. The van der Waals surface area contributed by atoms with Gasteiger partial charge >= 0.3 is 6.09 Å². The molecular weight excluding hydrogens is 447 g/mol. The summed E-state index contributed by atoms with van der Waals surface area (Å²) in [6.07, 6.45) is 1.74. The highest BCUT2D eigenvalue weighted by molar-refractivity contribution is 5.90. The van der Waals surface area contributed by atoms with Crippen LogP contribution in [0.25, 0.3) is 11.1 Å². The van der Waals surface area contributed by atoms with E-state index < -0.39 is 30.5 Å². The molecule has 1 fully saturated rings. The Labute approximate surface area is 194 Å². The summed E-state index contributed by atoms with van der Waals surface area (Å²) in [6, 6.07) is 7.83. The van der Waals surface area contributed by atoms with E-state index in [1.54, 1.807) is 29.3 Å². The zero-order chi connectivity index (χ0) is 24.2. The molecule has 1 atom stereocenters. The van der Waals surface area contributed by atoms with Gasteiger partial charge in [0.1, 0.15) is 30.7 Å². The first-order chi connectivity index (χ1) is 16.4. The van der Waals surface area contributed by atoms with Crippen molar-refractivity contribution in [3.63, 3.8) is 0 Å². The molecule has 11 nitrogen and oxygen atoms in total. The molecule has 0 bridgehead atoms. The van der Waals surface area contributed by atoms with E-state index in [1.807, 2.05) is 0 Å². The molecular formula is C22H23FN6O5. The fourth-order valence-electron chi connectivity index (χ4n) is 3.60. The van der Waals surface area contributed by atoms with Crippen LogP contribution in [-0.4, -0.2) is 78.1 Å². The number of ether oxygens (including phenoxy) is 1. The van der Waals surface area contributed by atoms with Crippen LogP contribution in [0.3, 0.4) is 0 Å². The van der Waals surface area contributed by atoms with E-state index in [9.17, 15) is 18.8 Å². The van der Waals surface area contributed by atoms with Gasteiger partial charge in [-0.1, -0.05) is 0 Å². The molecule has 3 heterocycles. The fourth-order valence-corrected chi connectivity index (χ4v) is 3.60. The number of aliphatic hydroxyl groups excluding tert-OH is 1. The lowest BCUT2D eigenvalue weighted by Crippen LogP contribution is -2.42. The van der Waals surface area contributed by atoms with Gasteiger partial charge in [0.15, 0.2) is 0 Å². The molecule has 2 aliphatic heterocycles. The van der Waals surface area contributed by atoms with Gasteiger partial charge in [0, 0.05) is 30.8 Å². The van der Waals surface area contributed by atoms with Gasteiger partial charge in [-0.2, -0.15) is 5.10 Å². The molecule has 0 unspecified atom stereocenters. The van der Waals surface area contributed by atoms with Crippen LogP contribution in [0.15, 0.2) is 41.6 Å². The van der Waals surface area contributed by atoms with Gasteiger partial charge in [0.2, 0.25) is 5.91 Å². The Bertz CT molecular complexity index is 1130. The molecule has 3 amide bonds. The Morgan fingerprint density at radius 2 is 2.09 bits per heavy atom. The highest BCUT2D eigenvalue weighted by atomic mass is 19.1. The lowest BCUT2D eigenvalue weighted by molar-refractivity contribution is -0.130. The number of hydrazone groups is 1. The Morgan fingerprint density at radius 1 is 1.26 bits per heavy atom. The minimum absolute atomic E-state index is 0.187. The number of rotatable bonds is 6. The molecule has 0 saturated carbocycles. The predicted octanol–water partition coefficient (Wildman–Crippen LogP) is 0.933. The summed E-state index contributed by atoms with van der Waals surface area (Å²) in [6.45, 7) is 1.93. The monoisotopic (exact) mass is 470 g/mol. The van der Waals surface area contributed by atoms with Crippen LogP contribution in [-0.2, 0) is 14.3 Å². The van der Waals surface area contributed by atoms with Crippen molar-refractivity contribution in [1.82, 2.24) is 15.2 Å². The number of carbonyl (C=O) groups is 3. The highest BCUT2D eigenvalue weighted by Gasteiger charge is 2.32. The van der Waals surface area contributed by atoms with Crippen molar-refractivity contribution in [2.45, 2.75) is 13.0 Å². The number of aliphatic hydroxyl groups is 1. The first-order valence-electron chi connectivity index (χ1n) is 10.6. The summed E-state index contributed by atoms with van der Waals surface area (Å²) in [5, 5.41) is 17.3. The van der Waals surface area contributed by atoms with E-state index in [0.29, 0.717) is 35.7 Å². The van der Waals surface area contributed by atoms with Gasteiger partial charge in [0.05, 0.1) is 25.3 Å². The molecule has 2 N–H and O–H groups in total. The number of benzene rings is 1. The normalized spacial score (nSPS) is 17.7. The summed E-state index contributed by atoms with van der Waals surface area (Å²) in [5.74, 6) is -0.663. The van der Waals surface area contributed by atoms with Crippen molar-refractivity contribution in [3.05, 3.63) is 42.3 Å². The number of hydrogen-bond acceptors (Lipinski definition) is 8. The lowest BCUT2D eigenvalue weighted by atomic mass is 10.1. The van der Waals surface area contributed by atoms with Crippen molar-refractivity contribution in [3.8, 4) is 11.1 Å². The highest BCUT2D eigenvalue weighted by Crippen LogP contribution is 2.29. The zero-order valence-corrected chi connectivity index (χ0v) is 18.3. The minimum Gasteiger partial charge on any atom is -0.442 e. The summed E-state index contributed by atoms with van der Waals surface area (Å²) >= 11 is 0. The number of hydrogen-bond donors (Lipinski definition) is 2. The molecule has 1 aromatic heterocycles. The van der Waals surface area contributed by atoms with Gasteiger partial charge in [-0.15, -0.1) is 0 Å². The SMILES string of the molecule is CC(=O)NC[C@H]1CN(c2ccc(-c3ccc(N4CCN(C(=O)CO)C=N4)nc3)c(F)c2)C(=O)O1. The number of anilines is 2. The van der Waals surface area contributed by atoms with E-state index in [0.717, 1.165) is 0 Å². The van der Waals surface area contributed by atoms with Gasteiger partial charge < -0.3 is 15.2 Å². The second kappa shape index (κ2) is 9.83. The average Bonchev–Trinajstić information content (AvgIpc) is 3.23. The van der Waals surface area contributed by atoms with Gasteiger partial charge in [-0.05, 0) is 30.3 Å². The number of cyclic esters (lactones) is 1. The van der Waals surface area contributed by atoms with Crippen LogP contribution in [0.1, 0.15) is 6.92 Å². The molecule has 34 heavy (non-hydrogen) atoms. The number of amides is 3. The van der Waals surface area contributed by atoms with Crippen LogP contribution in [0.2, 0.25) is 0 Å². The van der Waals surface area contributed by atoms with E-state index >= 15 is 0 Å². The molecule has 0 aliphatic carbocycles. The maximum atomic E-state index is 14.9. The van der Waals surface area contributed by atoms with Crippen molar-refractivity contribution < 1.29 is 28.6 Å². The Morgan fingerprint density at radius 3 is 2.71 bits per heavy atom. The van der Waals surface area contributed by atoms with Crippen molar-refractivity contribution >= 4 is 35.8 Å². The number of aromatic nitrogens is 1. The smallest absolute Gasteiger partial charge is 0.414 e. The third kappa shape index (κ3) is 4.96. The first-order valence-corrected chi connectivity index (χ1v) is 10.6. The quantitative estimate of drug-likeness (QED) is 0.643. The third-order valence-corrected chi connectivity index (χ3v) is 5.38. The number of pyridine rings is 1. The lowest BCUT2D eigenvalue weighted by Gasteiger charge is -2.27. The van der Waals surface area contributed by atoms with Crippen LogP contribution in [0.4, 0.5) is 20.7 Å². The largest absolute Gasteiger partial charge is 0.442 e. The second-order valence-corrected chi connectivity index (χ2v) is 7.72. The third-order valence-electron chi connectivity index (χ3n) is 5.38. The molecule has 1 aromatic carbocycles. The summed E-state index contributed by atoms with van der Waals surface area (Å²) < 4.78 is 20.1. The number of carbonyl (C=O) groups excluding carboxylic acids is 3. The van der Waals surface area contributed by atoms with Crippen LogP contribution < -0.4 is 15.2 Å². The van der Waals surface area contributed by atoms with E-state index in [4.69, 9.17) is 9.84 Å². The predicted molar refractivity (Wildman–Crippen MR) is 121 cm³/mol. The molecule has 2 aliphatic rings. The van der Waals surface area contributed by atoms with Gasteiger partial charge in [-0.3, -0.25) is 19.4 Å². The Kier molecular flexibility index (Phi) is 6.68. The molecule has 12 heteroatoms. The van der Waals surface area contributed by atoms with Crippen molar-refractivity contribution in [2.75, 3.05) is 42.7 Å². The summed E-state index contributed by atoms with van der Waals surface area (Å²) in [7, 11) is 0. The summed E-state index contributed by atoms with van der Waals surface area (Å²) in [5.41, 5.74) is 1.20. The molecule has 4 rings (SSSR count). The molecule has 1 saturated heterocycles. The minimum atomic E-state index is -0.602. The Balaban J connectivity index is 1.44. The number of nitrogens with zero attached hydrogens (tertiary/aromatic N) is 5. The first kappa shape index (κ1) is 23.1. The second-order valence-electron chi connectivity index (χ2n) is 7.72. The molecule has 0 spiro atoms. The topological polar surface area (TPSA) is 128 Å². The maximum Gasteiger partial charge on any atom is 0.414 e. The standard InChI is InChI=1S/C22H23FN6O5/c1-14(31)24-10-17-11-28(22(33)34-17)16-3-4-18(19(23)8-16)15-2-5-20(25-9-15)29-7-6-27(13-26-29)21(32)12-30/h2-5,8-9,13,17,30H,6-7,10-12H2,1H3,(H,24,31)/t17-/m0/s1. The fraction of sp³-hybridized carbons (Fsp3) is 0.318. The van der Waals surface area contributed by atoms with E-state index in [1.165, 1.54) is 35.3 Å². The Hall–Kier alpha value is -4.06. The maximum absolute atomic E-state index is 14.9. The van der Waals surface area contributed by atoms with Crippen molar-refractivity contribution in [1.29, 1.82) is 0 Å². The van der Waals surface area contributed by atoms with Gasteiger partial charge in [-0.25, -0.2) is 19.2 Å². The molecule has 178 valence electrons. The number of halogens is 1. The summed E-state index contributed by atoms with van der Waals surface area (Å²) in [4.78, 5) is 41.7. The average molecular weight is 470 g/mol. The zero-order valence-electron chi connectivity index (χ0n) is 18.3. The van der Waals surface area contributed by atoms with Crippen molar-refractivity contribution in [2.24, 2.45) is 5.10 Å². The molecule has 2 aromatic rings. The van der Waals surface area contributed by atoms with E-state index in [2.05, 4.69) is 15.4 Å². The van der Waals surface area contributed by atoms with Crippen LogP contribution in [0.5, 0.6) is 0 Å². The van der Waals surface area contributed by atoms with Crippen LogP contribution in [0, 0.1) is 5.82 Å². The van der Waals surface area contributed by atoms with E-state index in [-0.39, 0.29) is 19.0 Å². The van der Waals surface area contributed by atoms with Crippen LogP contribution >= 0.6 is 0 Å².